The van der Waals surface area contributed by atoms with Crippen molar-refractivity contribution in [2.24, 2.45) is 0 Å². The van der Waals surface area contributed by atoms with E-state index in [4.69, 9.17) is 0 Å². The Morgan fingerprint density at radius 1 is 1.08 bits per heavy atom. The van der Waals surface area contributed by atoms with Crippen LogP contribution < -0.4 is 10.2 Å². The fraction of sp³-hybridized carbons (Fsp3) is 0.353. The first-order valence-corrected chi connectivity index (χ1v) is 8.00. The summed E-state index contributed by atoms with van der Waals surface area (Å²) in [6, 6.07) is 6.97. The van der Waals surface area contributed by atoms with Gasteiger partial charge in [0.1, 0.15) is 17.4 Å². The number of carbonyl (C=O) groups is 1. The molecule has 24 heavy (non-hydrogen) atoms. The van der Waals surface area contributed by atoms with Crippen LogP contribution in [0.15, 0.2) is 36.7 Å². The third-order valence-corrected chi connectivity index (χ3v) is 3.99. The fourth-order valence-corrected chi connectivity index (χ4v) is 2.65. The lowest BCUT2D eigenvalue weighted by Gasteiger charge is -2.23. The number of aromatic nitrogens is 2. The number of carbonyl (C=O) groups excluding carboxylic acids is 1. The van der Waals surface area contributed by atoms with Crippen molar-refractivity contribution in [3.8, 4) is 5.75 Å². The maximum absolute atomic E-state index is 12.4. The number of nitrogens with zero attached hydrogens (tertiary/aromatic N) is 4. The highest BCUT2D eigenvalue weighted by Crippen LogP contribution is 2.15. The van der Waals surface area contributed by atoms with E-state index >= 15 is 0 Å². The van der Waals surface area contributed by atoms with Gasteiger partial charge in [-0.1, -0.05) is 6.07 Å². The maximum atomic E-state index is 12.4. The predicted molar refractivity (Wildman–Crippen MR) is 92.3 cm³/mol. The van der Waals surface area contributed by atoms with E-state index in [0.717, 1.165) is 30.9 Å². The van der Waals surface area contributed by atoms with Gasteiger partial charge in [-0.05, 0) is 37.1 Å². The number of hydrogen-bond donors (Lipinski definition) is 2. The number of aryl methyl sites for hydroxylation is 1. The Hall–Kier alpha value is -2.83. The van der Waals surface area contributed by atoms with E-state index in [0.29, 0.717) is 18.9 Å². The number of aromatic hydroxyl groups is 1. The first kappa shape index (κ1) is 16.0. The van der Waals surface area contributed by atoms with Crippen LogP contribution in [0.5, 0.6) is 5.75 Å². The number of urea groups is 1. The van der Waals surface area contributed by atoms with Crippen molar-refractivity contribution >= 4 is 17.7 Å². The lowest BCUT2D eigenvalue weighted by molar-refractivity contribution is 0.215. The second-order valence-electron chi connectivity index (χ2n) is 5.85. The zero-order valence-electron chi connectivity index (χ0n) is 13.6. The molecule has 3 rings (SSSR count). The Kier molecular flexibility index (Phi) is 4.79. The number of nitrogens with one attached hydrogen (secondary N) is 1. The van der Waals surface area contributed by atoms with Crippen molar-refractivity contribution in [1.82, 2.24) is 14.9 Å². The molecule has 0 saturated carbocycles. The van der Waals surface area contributed by atoms with E-state index < -0.39 is 0 Å². The molecule has 7 heteroatoms. The third kappa shape index (κ3) is 3.92. The van der Waals surface area contributed by atoms with E-state index in [1.807, 2.05) is 25.3 Å². The SMILES string of the molecule is Cc1ccc(N2CCCN(C(=O)Nc3ccc(O)cn3)CC2)nc1. The molecule has 2 aromatic heterocycles. The second-order valence-corrected chi connectivity index (χ2v) is 5.85. The molecule has 1 saturated heterocycles. The Balaban J connectivity index is 1.59. The number of hydrogen-bond acceptors (Lipinski definition) is 5. The van der Waals surface area contributed by atoms with Gasteiger partial charge in [0.2, 0.25) is 0 Å². The first-order chi connectivity index (χ1) is 11.6. The molecule has 7 nitrogen and oxygen atoms in total. The monoisotopic (exact) mass is 327 g/mol. The first-order valence-electron chi connectivity index (χ1n) is 8.00. The van der Waals surface area contributed by atoms with Gasteiger partial charge in [-0.2, -0.15) is 0 Å². The number of anilines is 2. The van der Waals surface area contributed by atoms with Gasteiger partial charge >= 0.3 is 6.03 Å². The van der Waals surface area contributed by atoms with Gasteiger partial charge in [-0.3, -0.25) is 5.32 Å². The molecule has 0 unspecified atom stereocenters. The van der Waals surface area contributed by atoms with Crippen molar-refractivity contribution in [3.05, 3.63) is 42.2 Å². The Bertz CT molecular complexity index is 687. The molecule has 1 fully saturated rings. The Morgan fingerprint density at radius 2 is 1.96 bits per heavy atom. The van der Waals surface area contributed by atoms with Crippen LogP contribution in [0.1, 0.15) is 12.0 Å². The predicted octanol–water partition coefficient (Wildman–Crippen LogP) is 2.23. The molecule has 2 amide bonds. The van der Waals surface area contributed by atoms with Crippen LogP contribution in [0.25, 0.3) is 0 Å². The second kappa shape index (κ2) is 7.16. The summed E-state index contributed by atoms with van der Waals surface area (Å²) >= 11 is 0. The summed E-state index contributed by atoms with van der Waals surface area (Å²) in [6.07, 6.45) is 4.05. The highest BCUT2D eigenvalue weighted by Gasteiger charge is 2.20. The van der Waals surface area contributed by atoms with Crippen LogP contribution in [0, 0.1) is 6.92 Å². The average Bonchev–Trinajstić information content (AvgIpc) is 2.84. The lowest BCUT2D eigenvalue weighted by atomic mass is 10.3. The van der Waals surface area contributed by atoms with E-state index in [9.17, 15) is 9.90 Å². The van der Waals surface area contributed by atoms with Crippen LogP contribution in [-0.2, 0) is 0 Å². The fourth-order valence-electron chi connectivity index (χ4n) is 2.65. The number of amides is 2. The summed E-state index contributed by atoms with van der Waals surface area (Å²) in [5.41, 5.74) is 1.14. The smallest absolute Gasteiger partial charge is 0.323 e. The molecule has 0 atom stereocenters. The summed E-state index contributed by atoms with van der Waals surface area (Å²) in [4.78, 5) is 24.8. The highest BCUT2D eigenvalue weighted by atomic mass is 16.3. The molecule has 1 aliphatic rings. The molecule has 2 aromatic rings. The van der Waals surface area contributed by atoms with E-state index in [-0.39, 0.29) is 11.8 Å². The molecule has 0 radical (unpaired) electrons. The minimum Gasteiger partial charge on any atom is -0.506 e. The molecular weight excluding hydrogens is 306 g/mol. The largest absolute Gasteiger partial charge is 0.506 e. The molecule has 1 aliphatic heterocycles. The van der Waals surface area contributed by atoms with Crippen molar-refractivity contribution < 1.29 is 9.90 Å². The van der Waals surface area contributed by atoms with Crippen molar-refractivity contribution in [2.45, 2.75) is 13.3 Å². The molecule has 3 heterocycles. The lowest BCUT2D eigenvalue weighted by Crippen LogP contribution is -2.38. The van der Waals surface area contributed by atoms with Crippen LogP contribution in [0.4, 0.5) is 16.4 Å². The molecule has 0 aliphatic carbocycles. The molecule has 0 aromatic carbocycles. The summed E-state index contributed by atoms with van der Waals surface area (Å²) in [5, 5.41) is 12.0. The Labute approximate surface area is 141 Å². The molecule has 2 N–H and O–H groups in total. The zero-order valence-corrected chi connectivity index (χ0v) is 13.6. The third-order valence-electron chi connectivity index (χ3n) is 3.99. The normalized spacial score (nSPS) is 15.0. The Morgan fingerprint density at radius 3 is 2.67 bits per heavy atom. The zero-order chi connectivity index (χ0) is 16.9. The molecular formula is C17H21N5O2. The van der Waals surface area contributed by atoms with E-state index in [1.165, 1.54) is 12.3 Å². The topological polar surface area (TPSA) is 81.6 Å². The average molecular weight is 327 g/mol. The number of pyridine rings is 2. The van der Waals surface area contributed by atoms with Crippen LogP contribution in [-0.4, -0.2) is 52.2 Å². The quantitative estimate of drug-likeness (QED) is 0.884. The summed E-state index contributed by atoms with van der Waals surface area (Å²) < 4.78 is 0. The van der Waals surface area contributed by atoms with Crippen molar-refractivity contribution in [2.75, 3.05) is 36.4 Å². The summed E-state index contributed by atoms with van der Waals surface area (Å²) in [6.45, 7) is 4.94. The van der Waals surface area contributed by atoms with Gasteiger partial charge in [0, 0.05) is 32.4 Å². The highest BCUT2D eigenvalue weighted by molar-refractivity contribution is 5.88. The van der Waals surface area contributed by atoms with Crippen molar-refractivity contribution in [3.63, 3.8) is 0 Å². The van der Waals surface area contributed by atoms with Crippen molar-refractivity contribution in [1.29, 1.82) is 0 Å². The summed E-state index contributed by atoms with van der Waals surface area (Å²) in [5.74, 6) is 1.45. The minimum absolute atomic E-state index is 0.0732. The molecule has 0 bridgehead atoms. The van der Waals surface area contributed by atoms with Gasteiger partial charge in [0.15, 0.2) is 0 Å². The van der Waals surface area contributed by atoms with Gasteiger partial charge in [-0.25, -0.2) is 14.8 Å². The standard InChI is InChI=1S/C17H21N5O2/c1-13-3-6-16(19-11-13)21-7-2-8-22(10-9-21)17(24)20-15-5-4-14(23)12-18-15/h3-6,11-12,23H,2,7-10H2,1H3,(H,18,20,24). The minimum atomic E-state index is -0.174. The van der Waals surface area contributed by atoms with Crippen LogP contribution in [0.3, 0.4) is 0 Å². The van der Waals surface area contributed by atoms with E-state index in [2.05, 4.69) is 20.2 Å². The van der Waals surface area contributed by atoms with Gasteiger partial charge < -0.3 is 14.9 Å². The molecule has 0 spiro atoms. The van der Waals surface area contributed by atoms with E-state index in [1.54, 1.807) is 11.0 Å². The number of rotatable bonds is 2. The van der Waals surface area contributed by atoms with Gasteiger partial charge in [-0.15, -0.1) is 0 Å². The van der Waals surface area contributed by atoms with Gasteiger partial charge in [0.25, 0.3) is 0 Å². The van der Waals surface area contributed by atoms with Gasteiger partial charge in [0.05, 0.1) is 6.20 Å². The molecule has 126 valence electrons. The summed E-state index contributed by atoms with van der Waals surface area (Å²) in [7, 11) is 0. The van der Waals surface area contributed by atoms with Crippen LogP contribution >= 0.6 is 0 Å². The maximum Gasteiger partial charge on any atom is 0.323 e. The van der Waals surface area contributed by atoms with Crippen LogP contribution in [0.2, 0.25) is 0 Å².